The minimum Gasteiger partial charge on any atom is -0.388 e. The quantitative estimate of drug-likeness (QED) is 0.892. The summed E-state index contributed by atoms with van der Waals surface area (Å²) >= 11 is 9.43. The third-order valence-electron chi connectivity index (χ3n) is 3.17. The maximum atomic E-state index is 13.8. The number of rotatable bonds is 4. The van der Waals surface area contributed by atoms with Crippen LogP contribution in [0, 0.1) is 12.7 Å². The molecule has 0 saturated heterocycles. The molecule has 1 unspecified atom stereocenters. The lowest BCUT2D eigenvalue weighted by atomic mass is 10.0. The summed E-state index contributed by atoms with van der Waals surface area (Å²) in [6, 6.07) is 4.38. The van der Waals surface area contributed by atoms with Crippen molar-refractivity contribution in [1.82, 2.24) is 9.78 Å². The molecule has 1 N–H and O–H groups in total. The van der Waals surface area contributed by atoms with Crippen LogP contribution in [0.2, 0.25) is 5.02 Å². The van der Waals surface area contributed by atoms with E-state index >= 15 is 0 Å². The van der Waals surface area contributed by atoms with Crippen LogP contribution in [0.25, 0.3) is 0 Å². The average Bonchev–Trinajstić information content (AvgIpc) is 2.66. The molecule has 0 fully saturated rings. The van der Waals surface area contributed by atoms with Gasteiger partial charge in [0.25, 0.3) is 0 Å². The molecule has 0 spiro atoms. The zero-order chi connectivity index (χ0) is 14.9. The van der Waals surface area contributed by atoms with Crippen molar-refractivity contribution in [3.63, 3.8) is 0 Å². The van der Waals surface area contributed by atoms with Gasteiger partial charge < -0.3 is 5.11 Å². The van der Waals surface area contributed by atoms with Crippen molar-refractivity contribution in [3.8, 4) is 0 Å². The van der Waals surface area contributed by atoms with E-state index < -0.39 is 11.9 Å². The van der Waals surface area contributed by atoms with Gasteiger partial charge in [0, 0.05) is 23.6 Å². The summed E-state index contributed by atoms with van der Waals surface area (Å²) in [5.41, 5.74) is 1.80. The Morgan fingerprint density at radius 1 is 1.50 bits per heavy atom. The van der Waals surface area contributed by atoms with Crippen LogP contribution in [0.1, 0.15) is 30.0 Å². The SMILES string of the molecule is CCn1nc(C)c(Br)c1CC(O)c1c(F)cccc1Cl. The summed E-state index contributed by atoms with van der Waals surface area (Å²) in [5, 5.41) is 14.9. The molecule has 20 heavy (non-hydrogen) atoms. The Balaban J connectivity index is 2.35. The highest BCUT2D eigenvalue weighted by molar-refractivity contribution is 9.10. The first kappa shape index (κ1) is 15.5. The lowest BCUT2D eigenvalue weighted by Crippen LogP contribution is -2.10. The molecule has 0 saturated carbocycles. The maximum Gasteiger partial charge on any atom is 0.130 e. The lowest BCUT2D eigenvalue weighted by Gasteiger charge is -2.14. The maximum absolute atomic E-state index is 13.8. The van der Waals surface area contributed by atoms with Crippen molar-refractivity contribution in [1.29, 1.82) is 0 Å². The zero-order valence-electron chi connectivity index (χ0n) is 11.2. The fourth-order valence-electron chi connectivity index (χ4n) is 2.18. The van der Waals surface area contributed by atoms with Crippen molar-refractivity contribution in [3.05, 3.63) is 50.5 Å². The fraction of sp³-hybridized carbons (Fsp3) is 0.357. The number of nitrogens with zero attached hydrogens (tertiary/aromatic N) is 2. The van der Waals surface area contributed by atoms with Gasteiger partial charge in [-0.15, -0.1) is 0 Å². The predicted molar refractivity (Wildman–Crippen MR) is 80.4 cm³/mol. The molecule has 0 aliphatic rings. The molecule has 1 aromatic carbocycles. The van der Waals surface area contributed by atoms with Crippen LogP contribution in [0.5, 0.6) is 0 Å². The lowest BCUT2D eigenvalue weighted by molar-refractivity contribution is 0.170. The Morgan fingerprint density at radius 3 is 2.80 bits per heavy atom. The normalized spacial score (nSPS) is 12.7. The Hall–Kier alpha value is -0.910. The van der Waals surface area contributed by atoms with Gasteiger partial charge in [0.1, 0.15) is 5.82 Å². The number of aryl methyl sites for hydroxylation is 2. The summed E-state index contributed by atoms with van der Waals surface area (Å²) in [6.07, 6.45) is -0.767. The molecule has 1 aromatic heterocycles. The van der Waals surface area contributed by atoms with E-state index in [1.54, 1.807) is 10.7 Å². The summed E-state index contributed by atoms with van der Waals surface area (Å²) in [4.78, 5) is 0. The van der Waals surface area contributed by atoms with Gasteiger partial charge in [-0.3, -0.25) is 4.68 Å². The zero-order valence-corrected chi connectivity index (χ0v) is 13.5. The third-order valence-corrected chi connectivity index (χ3v) is 4.53. The fourth-order valence-corrected chi connectivity index (χ4v) is 2.91. The summed E-state index contributed by atoms with van der Waals surface area (Å²) in [7, 11) is 0. The van der Waals surface area contributed by atoms with E-state index in [-0.39, 0.29) is 17.0 Å². The Bertz CT molecular complexity index is 610. The van der Waals surface area contributed by atoms with Gasteiger partial charge in [-0.1, -0.05) is 17.7 Å². The van der Waals surface area contributed by atoms with Crippen LogP contribution in [0.4, 0.5) is 4.39 Å². The smallest absolute Gasteiger partial charge is 0.130 e. The Labute approximate surface area is 130 Å². The number of hydrogen-bond acceptors (Lipinski definition) is 2. The van der Waals surface area contributed by atoms with Gasteiger partial charge in [0.15, 0.2) is 0 Å². The summed E-state index contributed by atoms with van der Waals surface area (Å²) in [6.45, 7) is 4.52. The molecule has 0 radical (unpaired) electrons. The summed E-state index contributed by atoms with van der Waals surface area (Å²) < 4.78 is 16.4. The van der Waals surface area contributed by atoms with Gasteiger partial charge in [-0.05, 0) is 41.9 Å². The molecule has 0 amide bonds. The molecule has 2 aromatic rings. The van der Waals surface area contributed by atoms with E-state index in [9.17, 15) is 9.50 Å². The van der Waals surface area contributed by atoms with Gasteiger partial charge in [-0.25, -0.2) is 4.39 Å². The van der Waals surface area contributed by atoms with Gasteiger partial charge in [0.05, 0.1) is 22.0 Å². The van der Waals surface area contributed by atoms with Crippen LogP contribution >= 0.6 is 27.5 Å². The van der Waals surface area contributed by atoms with E-state index in [4.69, 9.17) is 11.6 Å². The topological polar surface area (TPSA) is 38.0 Å². The molecule has 1 atom stereocenters. The molecular formula is C14H15BrClFN2O. The molecule has 0 aliphatic carbocycles. The standard InChI is InChI=1S/C14H15BrClFN2O/c1-3-19-11(14(15)8(2)18-19)7-12(20)13-9(16)5-4-6-10(13)17/h4-6,12,20H,3,7H2,1-2H3. The largest absolute Gasteiger partial charge is 0.388 e. The second-order valence-electron chi connectivity index (χ2n) is 4.52. The Morgan fingerprint density at radius 2 is 2.20 bits per heavy atom. The molecule has 108 valence electrons. The average molecular weight is 362 g/mol. The van der Waals surface area contributed by atoms with E-state index in [2.05, 4.69) is 21.0 Å². The van der Waals surface area contributed by atoms with Crippen molar-refractivity contribution >= 4 is 27.5 Å². The van der Waals surface area contributed by atoms with E-state index in [1.165, 1.54) is 12.1 Å². The Kier molecular flexibility index (Phi) is 4.83. The van der Waals surface area contributed by atoms with Gasteiger partial charge >= 0.3 is 0 Å². The molecule has 0 aliphatic heterocycles. The minimum absolute atomic E-state index is 0.127. The molecular weight excluding hydrogens is 347 g/mol. The molecule has 6 heteroatoms. The van der Waals surface area contributed by atoms with Crippen LogP contribution in [-0.2, 0) is 13.0 Å². The first-order chi connectivity index (χ1) is 9.45. The minimum atomic E-state index is -1.01. The third kappa shape index (κ3) is 2.90. The van der Waals surface area contributed by atoms with Crippen molar-refractivity contribution in [2.24, 2.45) is 0 Å². The monoisotopic (exact) mass is 360 g/mol. The van der Waals surface area contributed by atoms with Crippen molar-refractivity contribution < 1.29 is 9.50 Å². The van der Waals surface area contributed by atoms with Gasteiger partial charge in [-0.2, -0.15) is 5.10 Å². The molecule has 3 nitrogen and oxygen atoms in total. The van der Waals surface area contributed by atoms with E-state index in [0.29, 0.717) is 6.54 Å². The van der Waals surface area contributed by atoms with Crippen molar-refractivity contribution in [2.75, 3.05) is 0 Å². The second kappa shape index (κ2) is 6.24. The highest BCUT2D eigenvalue weighted by Crippen LogP contribution is 2.31. The van der Waals surface area contributed by atoms with E-state index in [1.807, 2.05) is 13.8 Å². The number of halogens is 3. The van der Waals surface area contributed by atoms with Crippen LogP contribution in [0.15, 0.2) is 22.7 Å². The molecule has 2 rings (SSSR count). The van der Waals surface area contributed by atoms with Crippen LogP contribution < -0.4 is 0 Å². The molecule has 0 bridgehead atoms. The summed E-state index contributed by atoms with van der Waals surface area (Å²) in [5.74, 6) is -0.500. The molecule has 1 heterocycles. The van der Waals surface area contributed by atoms with Crippen LogP contribution in [0.3, 0.4) is 0 Å². The van der Waals surface area contributed by atoms with Gasteiger partial charge in [0.2, 0.25) is 0 Å². The number of aromatic nitrogens is 2. The second-order valence-corrected chi connectivity index (χ2v) is 5.72. The highest BCUT2D eigenvalue weighted by Gasteiger charge is 2.21. The number of aliphatic hydroxyl groups is 1. The van der Waals surface area contributed by atoms with E-state index in [0.717, 1.165) is 15.9 Å². The number of aliphatic hydroxyl groups excluding tert-OH is 1. The first-order valence-electron chi connectivity index (χ1n) is 6.29. The number of benzene rings is 1. The number of hydrogen-bond donors (Lipinski definition) is 1. The first-order valence-corrected chi connectivity index (χ1v) is 7.46. The van der Waals surface area contributed by atoms with Crippen molar-refractivity contribution in [2.45, 2.75) is 32.9 Å². The van der Waals surface area contributed by atoms with Crippen LogP contribution in [-0.4, -0.2) is 14.9 Å². The highest BCUT2D eigenvalue weighted by atomic mass is 79.9. The predicted octanol–water partition coefficient (Wildman–Crippen LogP) is 4.04.